The fraction of sp³-hybridized carbons (Fsp3) is 0.412. The van der Waals surface area contributed by atoms with E-state index in [1.165, 1.54) is 18.2 Å². The number of rotatable bonds is 4. The van der Waals surface area contributed by atoms with Crippen molar-refractivity contribution in [3.05, 3.63) is 41.2 Å². The summed E-state index contributed by atoms with van der Waals surface area (Å²) in [5, 5.41) is 10.5. The standard InChI is InChI=1S/C17H17F3O6/c1-24-15(22)9-7-11(14(21)12(8-9)16(23)25-2)10-5-3-4-6-13(10)26-17(18,19)20/h3-6,9,11,21H,7-8H2,1-2H3. The van der Waals surface area contributed by atoms with E-state index in [1.54, 1.807) is 0 Å². The number of halogens is 3. The van der Waals surface area contributed by atoms with E-state index >= 15 is 0 Å². The van der Waals surface area contributed by atoms with Crippen molar-refractivity contribution in [1.82, 2.24) is 0 Å². The Morgan fingerprint density at radius 1 is 1.15 bits per heavy atom. The number of aliphatic hydroxyl groups excluding tert-OH is 1. The average Bonchev–Trinajstić information content (AvgIpc) is 2.60. The van der Waals surface area contributed by atoms with Crippen molar-refractivity contribution < 1.29 is 42.1 Å². The van der Waals surface area contributed by atoms with Crippen molar-refractivity contribution in [3.8, 4) is 5.75 Å². The van der Waals surface area contributed by atoms with Crippen molar-refractivity contribution in [2.75, 3.05) is 14.2 Å². The Morgan fingerprint density at radius 2 is 1.81 bits per heavy atom. The molecule has 1 N–H and O–H groups in total. The topological polar surface area (TPSA) is 82.1 Å². The van der Waals surface area contributed by atoms with E-state index in [0.717, 1.165) is 20.3 Å². The van der Waals surface area contributed by atoms with Crippen LogP contribution in [0.25, 0.3) is 0 Å². The van der Waals surface area contributed by atoms with Crippen LogP contribution in [0.15, 0.2) is 35.6 Å². The minimum atomic E-state index is -4.93. The number of para-hydroxylation sites is 1. The first-order valence-electron chi connectivity index (χ1n) is 7.60. The number of benzene rings is 1. The highest BCUT2D eigenvalue weighted by Gasteiger charge is 2.40. The smallest absolute Gasteiger partial charge is 0.511 e. The van der Waals surface area contributed by atoms with Gasteiger partial charge in [-0.2, -0.15) is 0 Å². The normalized spacial score (nSPS) is 20.5. The van der Waals surface area contributed by atoms with Gasteiger partial charge in [0.2, 0.25) is 0 Å². The van der Waals surface area contributed by atoms with Crippen LogP contribution in [0.1, 0.15) is 24.3 Å². The number of methoxy groups -OCH3 is 2. The van der Waals surface area contributed by atoms with Crippen molar-refractivity contribution in [2.24, 2.45) is 5.92 Å². The summed E-state index contributed by atoms with van der Waals surface area (Å²) in [6.45, 7) is 0. The average molecular weight is 374 g/mol. The van der Waals surface area contributed by atoms with Crippen molar-refractivity contribution >= 4 is 11.9 Å². The van der Waals surface area contributed by atoms with Gasteiger partial charge in [0.05, 0.1) is 25.7 Å². The van der Waals surface area contributed by atoms with Gasteiger partial charge in [0.15, 0.2) is 0 Å². The van der Waals surface area contributed by atoms with Crippen LogP contribution in [0.2, 0.25) is 0 Å². The molecule has 2 rings (SSSR count). The zero-order valence-corrected chi connectivity index (χ0v) is 14.0. The lowest BCUT2D eigenvalue weighted by Crippen LogP contribution is -2.29. The van der Waals surface area contributed by atoms with Gasteiger partial charge in [-0.3, -0.25) is 4.79 Å². The fourth-order valence-electron chi connectivity index (χ4n) is 2.96. The molecule has 0 saturated heterocycles. The van der Waals surface area contributed by atoms with Crippen LogP contribution in [-0.2, 0) is 19.1 Å². The molecule has 6 nitrogen and oxygen atoms in total. The first kappa shape index (κ1) is 19.6. The number of carbonyl (C=O) groups is 2. The molecule has 1 aliphatic rings. The second-order valence-electron chi connectivity index (χ2n) is 5.65. The number of carbonyl (C=O) groups excluding carboxylic acids is 2. The fourth-order valence-corrected chi connectivity index (χ4v) is 2.96. The van der Waals surface area contributed by atoms with Gasteiger partial charge < -0.3 is 19.3 Å². The van der Waals surface area contributed by atoms with Crippen LogP contribution in [-0.4, -0.2) is 37.6 Å². The molecule has 0 spiro atoms. The van der Waals surface area contributed by atoms with Crippen LogP contribution in [0, 0.1) is 5.92 Å². The maximum atomic E-state index is 12.7. The zero-order valence-electron chi connectivity index (χ0n) is 14.0. The summed E-state index contributed by atoms with van der Waals surface area (Å²) in [4.78, 5) is 23.9. The third kappa shape index (κ3) is 4.27. The minimum absolute atomic E-state index is 0.00247. The maximum absolute atomic E-state index is 12.7. The molecule has 2 atom stereocenters. The quantitative estimate of drug-likeness (QED) is 0.815. The van der Waals surface area contributed by atoms with E-state index in [1.807, 2.05) is 0 Å². The van der Waals surface area contributed by atoms with Crippen molar-refractivity contribution in [3.63, 3.8) is 0 Å². The maximum Gasteiger partial charge on any atom is 0.573 e. The summed E-state index contributed by atoms with van der Waals surface area (Å²) in [6.07, 6.45) is -5.11. The number of alkyl halides is 3. The molecule has 0 bridgehead atoms. The summed E-state index contributed by atoms with van der Waals surface area (Å²) in [5.74, 6) is -4.36. The zero-order chi connectivity index (χ0) is 19.5. The minimum Gasteiger partial charge on any atom is -0.511 e. The first-order chi connectivity index (χ1) is 12.2. The largest absolute Gasteiger partial charge is 0.573 e. The van der Waals surface area contributed by atoms with Gasteiger partial charge in [0.25, 0.3) is 0 Å². The van der Waals surface area contributed by atoms with Crippen LogP contribution >= 0.6 is 0 Å². The molecule has 9 heteroatoms. The predicted molar refractivity (Wildman–Crippen MR) is 82.3 cm³/mol. The second-order valence-corrected chi connectivity index (χ2v) is 5.65. The first-order valence-corrected chi connectivity index (χ1v) is 7.60. The monoisotopic (exact) mass is 374 g/mol. The number of aliphatic hydroxyl groups is 1. The number of allylic oxidation sites excluding steroid dienone is 1. The van der Waals surface area contributed by atoms with E-state index in [-0.39, 0.29) is 24.0 Å². The molecular formula is C17H17F3O6. The Labute approximate surface area is 147 Å². The van der Waals surface area contributed by atoms with Crippen LogP contribution in [0.5, 0.6) is 5.75 Å². The Balaban J connectivity index is 2.52. The Bertz CT molecular complexity index is 725. The van der Waals surface area contributed by atoms with Gasteiger partial charge in [0, 0.05) is 11.5 Å². The summed E-state index contributed by atoms with van der Waals surface area (Å²) >= 11 is 0. The van der Waals surface area contributed by atoms with Gasteiger partial charge in [-0.1, -0.05) is 18.2 Å². The summed E-state index contributed by atoms with van der Waals surface area (Å²) in [6, 6.07) is 5.23. The molecule has 2 unspecified atom stereocenters. The van der Waals surface area contributed by atoms with E-state index in [9.17, 15) is 27.9 Å². The van der Waals surface area contributed by atoms with Gasteiger partial charge in [-0.15, -0.1) is 13.2 Å². The lowest BCUT2D eigenvalue weighted by atomic mass is 9.77. The van der Waals surface area contributed by atoms with Crippen LogP contribution < -0.4 is 4.74 Å². The van der Waals surface area contributed by atoms with Gasteiger partial charge in [0.1, 0.15) is 11.5 Å². The lowest BCUT2D eigenvalue weighted by Gasteiger charge is -2.30. The SMILES string of the molecule is COC(=O)C1=C(O)C(c2ccccc2OC(F)(F)F)CC(C(=O)OC)C1. The molecule has 0 fully saturated rings. The molecular weight excluding hydrogens is 357 g/mol. The highest BCUT2D eigenvalue weighted by molar-refractivity contribution is 5.90. The van der Waals surface area contributed by atoms with E-state index in [0.29, 0.717) is 0 Å². The number of esters is 2. The summed E-state index contributed by atoms with van der Waals surface area (Å²) in [5.41, 5.74) is -0.182. The second kappa shape index (κ2) is 7.67. The Morgan fingerprint density at radius 3 is 2.38 bits per heavy atom. The molecule has 142 valence electrons. The Hall–Kier alpha value is -2.71. The molecule has 0 radical (unpaired) electrons. The number of hydrogen-bond acceptors (Lipinski definition) is 6. The van der Waals surface area contributed by atoms with Gasteiger partial charge in [-0.05, 0) is 18.9 Å². The third-order valence-corrected chi connectivity index (χ3v) is 4.10. The number of hydrogen-bond donors (Lipinski definition) is 1. The van der Waals surface area contributed by atoms with E-state index in [4.69, 9.17) is 0 Å². The van der Waals surface area contributed by atoms with E-state index in [2.05, 4.69) is 14.2 Å². The van der Waals surface area contributed by atoms with Crippen LogP contribution in [0.3, 0.4) is 0 Å². The molecule has 0 saturated carbocycles. The number of ether oxygens (including phenoxy) is 3. The van der Waals surface area contributed by atoms with Gasteiger partial charge >= 0.3 is 18.3 Å². The van der Waals surface area contributed by atoms with Crippen LogP contribution in [0.4, 0.5) is 13.2 Å². The molecule has 0 heterocycles. The summed E-state index contributed by atoms with van der Waals surface area (Å²) in [7, 11) is 2.26. The lowest BCUT2D eigenvalue weighted by molar-refractivity contribution is -0.275. The molecule has 26 heavy (non-hydrogen) atoms. The van der Waals surface area contributed by atoms with E-state index < -0.39 is 41.6 Å². The summed E-state index contributed by atoms with van der Waals surface area (Å²) < 4.78 is 51.3. The molecule has 1 aromatic rings. The Kier molecular flexibility index (Phi) is 5.79. The highest BCUT2D eigenvalue weighted by atomic mass is 19.4. The highest BCUT2D eigenvalue weighted by Crippen LogP contribution is 2.43. The molecule has 0 aliphatic heterocycles. The molecule has 1 aromatic carbocycles. The predicted octanol–water partition coefficient (Wildman–Crippen LogP) is 3.24. The van der Waals surface area contributed by atoms with Crippen molar-refractivity contribution in [2.45, 2.75) is 25.1 Å². The molecule has 1 aliphatic carbocycles. The molecule has 0 amide bonds. The van der Waals surface area contributed by atoms with Gasteiger partial charge in [-0.25, -0.2) is 4.79 Å². The third-order valence-electron chi connectivity index (χ3n) is 4.10. The van der Waals surface area contributed by atoms with Crippen molar-refractivity contribution in [1.29, 1.82) is 0 Å². The molecule has 0 aromatic heterocycles.